The number of nitrogens with zero attached hydrogens (tertiary/aromatic N) is 2. The number of amides is 1. The minimum Gasteiger partial charge on any atom is -0.338 e. The maximum atomic E-state index is 12.7. The highest BCUT2D eigenvalue weighted by Gasteiger charge is 2.34. The molecule has 1 saturated carbocycles. The summed E-state index contributed by atoms with van der Waals surface area (Å²) < 4.78 is 0. The molecule has 25 heavy (non-hydrogen) atoms. The van der Waals surface area contributed by atoms with Crippen LogP contribution in [0.3, 0.4) is 0 Å². The first kappa shape index (κ1) is 18.8. The smallest absolute Gasteiger partial charge is 0.246 e. The van der Waals surface area contributed by atoms with E-state index in [1.54, 1.807) is 18.2 Å². The molecule has 2 atom stereocenters. The first-order chi connectivity index (χ1) is 12.1. The third-order valence-electron chi connectivity index (χ3n) is 5.51. The SMILES string of the molecule is CN(C(=O)/C=C/c1ccc(Cl)c(Cl)c1)C1CCCC[C@@H]1N1CCCC1. The summed E-state index contributed by atoms with van der Waals surface area (Å²) >= 11 is 12.0. The van der Waals surface area contributed by atoms with Crippen molar-refractivity contribution in [3.63, 3.8) is 0 Å². The Morgan fingerprint density at radius 3 is 2.56 bits per heavy atom. The molecule has 0 N–H and O–H groups in total. The Bertz CT molecular complexity index is 641. The number of rotatable bonds is 4. The molecule has 1 aliphatic carbocycles. The van der Waals surface area contributed by atoms with Gasteiger partial charge in [0.05, 0.1) is 10.0 Å². The zero-order valence-electron chi connectivity index (χ0n) is 14.8. The van der Waals surface area contributed by atoms with Crippen molar-refractivity contribution in [1.29, 1.82) is 0 Å². The molecule has 0 bridgehead atoms. The van der Waals surface area contributed by atoms with Gasteiger partial charge in [-0.1, -0.05) is 42.1 Å². The standard InChI is InChI=1S/C20H26Cl2N2O/c1-23(18-6-2-3-7-19(18)24-12-4-5-13-24)20(25)11-9-15-8-10-16(21)17(22)14-15/h8-11,14,18-19H,2-7,12-13H2,1H3/b11-9+/t18?,19-/m0/s1. The molecule has 1 aliphatic heterocycles. The fraction of sp³-hybridized carbons (Fsp3) is 0.550. The van der Waals surface area contributed by atoms with Gasteiger partial charge in [0.2, 0.25) is 5.91 Å². The molecule has 5 heteroatoms. The number of hydrogen-bond donors (Lipinski definition) is 0. The molecule has 3 nitrogen and oxygen atoms in total. The molecule has 1 aromatic rings. The molecule has 0 radical (unpaired) electrons. The van der Waals surface area contributed by atoms with E-state index in [-0.39, 0.29) is 5.91 Å². The lowest BCUT2D eigenvalue weighted by Gasteiger charge is -2.42. The van der Waals surface area contributed by atoms with E-state index in [0.717, 1.165) is 12.0 Å². The molecule has 2 fully saturated rings. The Balaban J connectivity index is 1.67. The summed E-state index contributed by atoms with van der Waals surface area (Å²) in [6.07, 6.45) is 10.8. The van der Waals surface area contributed by atoms with Gasteiger partial charge in [-0.05, 0) is 62.5 Å². The highest BCUT2D eigenvalue weighted by Crippen LogP contribution is 2.29. The molecule has 0 spiro atoms. The van der Waals surface area contributed by atoms with Crippen LogP contribution in [0.25, 0.3) is 6.08 Å². The van der Waals surface area contributed by atoms with Crippen molar-refractivity contribution >= 4 is 35.2 Å². The molecule has 2 aliphatic rings. The summed E-state index contributed by atoms with van der Waals surface area (Å²) in [6, 6.07) is 6.23. The Hall–Kier alpha value is -1.03. The first-order valence-corrected chi connectivity index (χ1v) is 9.96. The van der Waals surface area contributed by atoms with Gasteiger partial charge < -0.3 is 4.90 Å². The van der Waals surface area contributed by atoms with E-state index in [0.29, 0.717) is 22.1 Å². The van der Waals surface area contributed by atoms with Crippen molar-refractivity contribution in [2.45, 2.75) is 50.6 Å². The number of likely N-dealkylation sites (tertiary alicyclic amines) is 1. The zero-order chi connectivity index (χ0) is 17.8. The maximum absolute atomic E-state index is 12.7. The fourth-order valence-corrected chi connectivity index (χ4v) is 4.41. The number of benzene rings is 1. The van der Waals surface area contributed by atoms with Crippen LogP contribution in [0, 0.1) is 0 Å². The highest BCUT2D eigenvalue weighted by molar-refractivity contribution is 6.42. The van der Waals surface area contributed by atoms with Crippen LogP contribution in [0.4, 0.5) is 0 Å². The molecule has 0 aromatic heterocycles. The fourth-order valence-electron chi connectivity index (χ4n) is 4.11. The number of halogens is 2. The highest BCUT2D eigenvalue weighted by atomic mass is 35.5. The molecular formula is C20H26Cl2N2O. The monoisotopic (exact) mass is 380 g/mol. The summed E-state index contributed by atoms with van der Waals surface area (Å²) in [6.45, 7) is 2.37. The number of likely N-dealkylation sites (N-methyl/N-ethyl adjacent to an activating group) is 1. The summed E-state index contributed by atoms with van der Waals surface area (Å²) in [7, 11) is 1.95. The van der Waals surface area contributed by atoms with Gasteiger partial charge in [0.25, 0.3) is 0 Å². The molecule has 1 amide bonds. The van der Waals surface area contributed by atoms with Crippen molar-refractivity contribution in [2.75, 3.05) is 20.1 Å². The van der Waals surface area contributed by atoms with Crippen molar-refractivity contribution in [1.82, 2.24) is 9.80 Å². The third kappa shape index (κ3) is 4.58. The van der Waals surface area contributed by atoms with E-state index < -0.39 is 0 Å². The summed E-state index contributed by atoms with van der Waals surface area (Å²) in [4.78, 5) is 17.2. The minimum absolute atomic E-state index is 0.0576. The summed E-state index contributed by atoms with van der Waals surface area (Å²) in [5.74, 6) is 0.0576. The van der Waals surface area contributed by atoms with E-state index in [4.69, 9.17) is 23.2 Å². The van der Waals surface area contributed by atoms with Crippen LogP contribution in [0.2, 0.25) is 10.0 Å². The van der Waals surface area contributed by atoms with E-state index >= 15 is 0 Å². The van der Waals surface area contributed by atoms with Crippen LogP contribution in [-0.4, -0.2) is 47.9 Å². The van der Waals surface area contributed by atoms with Crippen molar-refractivity contribution in [3.8, 4) is 0 Å². The average molecular weight is 381 g/mol. The predicted octanol–water partition coefficient (Wildman–Crippen LogP) is 4.87. The summed E-state index contributed by atoms with van der Waals surface area (Å²) in [5.41, 5.74) is 0.885. The topological polar surface area (TPSA) is 23.6 Å². The van der Waals surface area contributed by atoms with Crippen LogP contribution in [0.15, 0.2) is 24.3 Å². The van der Waals surface area contributed by atoms with Crippen LogP contribution in [0.1, 0.15) is 44.1 Å². The van der Waals surface area contributed by atoms with Gasteiger partial charge in [0, 0.05) is 25.2 Å². The van der Waals surface area contributed by atoms with E-state index in [9.17, 15) is 4.79 Å². The van der Waals surface area contributed by atoms with Gasteiger partial charge in [-0.15, -0.1) is 0 Å². The third-order valence-corrected chi connectivity index (χ3v) is 6.25. The minimum atomic E-state index is 0.0576. The molecule has 136 valence electrons. The quantitative estimate of drug-likeness (QED) is 0.695. The average Bonchev–Trinajstić information content (AvgIpc) is 3.16. The van der Waals surface area contributed by atoms with Crippen molar-refractivity contribution < 1.29 is 4.79 Å². The lowest BCUT2D eigenvalue weighted by atomic mass is 9.88. The molecule has 1 heterocycles. The van der Waals surface area contributed by atoms with E-state index in [2.05, 4.69) is 4.90 Å². The largest absolute Gasteiger partial charge is 0.338 e. The van der Waals surface area contributed by atoms with E-state index in [1.807, 2.05) is 24.1 Å². The Kier molecular flexibility index (Phi) is 6.43. The van der Waals surface area contributed by atoms with Crippen molar-refractivity contribution in [2.24, 2.45) is 0 Å². The van der Waals surface area contributed by atoms with Crippen LogP contribution in [-0.2, 0) is 4.79 Å². The second kappa shape index (κ2) is 8.57. The lowest BCUT2D eigenvalue weighted by Crippen LogP contribution is -2.52. The molecular weight excluding hydrogens is 355 g/mol. The predicted molar refractivity (Wildman–Crippen MR) is 105 cm³/mol. The first-order valence-electron chi connectivity index (χ1n) is 9.20. The Morgan fingerprint density at radius 1 is 1.12 bits per heavy atom. The second-order valence-corrected chi connectivity index (χ2v) is 7.93. The van der Waals surface area contributed by atoms with Gasteiger partial charge in [0.15, 0.2) is 0 Å². The molecule has 3 rings (SSSR count). The lowest BCUT2D eigenvalue weighted by molar-refractivity contribution is -0.128. The summed E-state index contributed by atoms with van der Waals surface area (Å²) in [5, 5.41) is 1.03. The van der Waals surface area contributed by atoms with Crippen LogP contribution < -0.4 is 0 Å². The zero-order valence-corrected chi connectivity index (χ0v) is 16.3. The van der Waals surface area contributed by atoms with Gasteiger partial charge in [0.1, 0.15) is 0 Å². The van der Waals surface area contributed by atoms with Gasteiger partial charge in [-0.25, -0.2) is 0 Å². The number of carbonyl (C=O) groups is 1. The normalized spacial score (nSPS) is 24.8. The Morgan fingerprint density at radius 2 is 1.84 bits per heavy atom. The number of carbonyl (C=O) groups excluding carboxylic acids is 1. The molecule has 1 saturated heterocycles. The van der Waals surface area contributed by atoms with Crippen molar-refractivity contribution in [3.05, 3.63) is 39.9 Å². The second-order valence-electron chi connectivity index (χ2n) is 7.12. The molecule has 1 aromatic carbocycles. The van der Waals surface area contributed by atoms with Gasteiger partial charge >= 0.3 is 0 Å². The molecule has 1 unspecified atom stereocenters. The van der Waals surface area contributed by atoms with Gasteiger partial charge in [-0.2, -0.15) is 0 Å². The van der Waals surface area contributed by atoms with E-state index in [1.165, 1.54) is 45.2 Å². The van der Waals surface area contributed by atoms with Crippen LogP contribution in [0.5, 0.6) is 0 Å². The number of hydrogen-bond acceptors (Lipinski definition) is 2. The maximum Gasteiger partial charge on any atom is 0.246 e. The van der Waals surface area contributed by atoms with Crippen LogP contribution >= 0.6 is 23.2 Å². The Labute approximate surface area is 160 Å². The van der Waals surface area contributed by atoms with Gasteiger partial charge in [-0.3, -0.25) is 9.69 Å².